The first-order valence-electron chi connectivity index (χ1n) is 12.1. The molecule has 30 heavy (non-hydrogen) atoms. The predicted molar refractivity (Wildman–Crippen MR) is 131 cm³/mol. The maximum atomic E-state index is 7.57. The van der Waals surface area contributed by atoms with Crippen molar-refractivity contribution in [3.05, 3.63) is 36.0 Å². The Kier molecular flexibility index (Phi) is 15.9. The van der Waals surface area contributed by atoms with Gasteiger partial charge in [-0.05, 0) is 65.0 Å². The Morgan fingerprint density at radius 2 is 1.60 bits per heavy atom. The first-order valence-corrected chi connectivity index (χ1v) is 12.1. The van der Waals surface area contributed by atoms with E-state index >= 15 is 0 Å². The minimum absolute atomic E-state index is 0.250. The third-order valence-corrected chi connectivity index (χ3v) is 6.00. The average Bonchev–Trinajstić information content (AvgIpc) is 3.08. The van der Waals surface area contributed by atoms with E-state index in [4.69, 9.17) is 5.11 Å². The lowest BCUT2D eigenvalue weighted by atomic mass is 9.99. The standard InChI is InChI=1S/C18H29N3.C5H13N.C2H6O/c1-2-5-9-17(8-4-1)18(21-14-10-19-11-15-21)16-20-12-6-3-7-13-20;1-4-6(3)5-2;1-2-3/h1-2,4-5,8,18-19H,3,6-7,9-16H2;4-5H2,1-3H3;3H,2H2,1H3. The molecule has 5 heteroatoms. The second-order valence-electron chi connectivity index (χ2n) is 8.23. The lowest BCUT2D eigenvalue weighted by molar-refractivity contribution is 0.130. The normalized spacial score (nSPS) is 21.1. The van der Waals surface area contributed by atoms with Gasteiger partial charge in [0.15, 0.2) is 0 Å². The minimum Gasteiger partial charge on any atom is -0.397 e. The van der Waals surface area contributed by atoms with Crippen LogP contribution in [0.2, 0.25) is 0 Å². The zero-order valence-corrected chi connectivity index (χ0v) is 20.2. The van der Waals surface area contributed by atoms with Gasteiger partial charge in [0, 0.05) is 45.4 Å². The highest BCUT2D eigenvalue weighted by molar-refractivity contribution is 5.27. The highest BCUT2D eigenvalue weighted by Gasteiger charge is 2.26. The van der Waals surface area contributed by atoms with Crippen LogP contribution in [0, 0.1) is 0 Å². The van der Waals surface area contributed by atoms with Crippen LogP contribution in [0.5, 0.6) is 0 Å². The summed E-state index contributed by atoms with van der Waals surface area (Å²) in [6, 6.07) is 0.595. The fraction of sp³-hybridized carbons (Fsp3) is 0.760. The lowest BCUT2D eigenvalue weighted by Crippen LogP contribution is -2.53. The Bertz CT molecular complexity index is 487. The molecule has 0 radical (unpaired) electrons. The van der Waals surface area contributed by atoms with Gasteiger partial charge in [-0.25, -0.2) is 0 Å². The van der Waals surface area contributed by atoms with Gasteiger partial charge in [0.25, 0.3) is 0 Å². The molecule has 1 atom stereocenters. The second-order valence-corrected chi connectivity index (χ2v) is 8.23. The highest BCUT2D eigenvalue weighted by Crippen LogP contribution is 2.21. The summed E-state index contributed by atoms with van der Waals surface area (Å²) in [5.74, 6) is 0. The Labute approximate surface area is 186 Å². The van der Waals surface area contributed by atoms with Gasteiger partial charge in [-0.2, -0.15) is 0 Å². The van der Waals surface area contributed by atoms with Crippen LogP contribution in [0.4, 0.5) is 0 Å². The van der Waals surface area contributed by atoms with Crippen molar-refractivity contribution in [2.45, 2.75) is 52.5 Å². The summed E-state index contributed by atoms with van der Waals surface area (Å²) in [5.41, 5.74) is 1.59. The predicted octanol–water partition coefficient (Wildman–Crippen LogP) is 3.15. The summed E-state index contributed by atoms with van der Waals surface area (Å²) in [6.07, 6.45) is 16.5. The third kappa shape index (κ3) is 11.4. The molecule has 3 aliphatic rings. The van der Waals surface area contributed by atoms with Crippen LogP contribution < -0.4 is 5.32 Å². The maximum absolute atomic E-state index is 7.57. The molecule has 2 aliphatic heterocycles. The van der Waals surface area contributed by atoms with Gasteiger partial charge < -0.3 is 20.2 Å². The summed E-state index contributed by atoms with van der Waals surface area (Å²) in [6.45, 7) is 17.0. The van der Waals surface area contributed by atoms with Crippen LogP contribution in [0.15, 0.2) is 36.0 Å². The van der Waals surface area contributed by atoms with Gasteiger partial charge >= 0.3 is 0 Å². The molecule has 0 aromatic rings. The molecule has 0 bridgehead atoms. The quantitative estimate of drug-likeness (QED) is 0.691. The summed E-state index contributed by atoms with van der Waals surface area (Å²) < 4.78 is 0. The molecule has 0 spiro atoms. The molecule has 0 amide bonds. The van der Waals surface area contributed by atoms with E-state index in [1.165, 1.54) is 52.0 Å². The van der Waals surface area contributed by atoms with Crippen molar-refractivity contribution >= 4 is 0 Å². The van der Waals surface area contributed by atoms with Gasteiger partial charge in [0.1, 0.15) is 0 Å². The minimum atomic E-state index is 0.250. The van der Waals surface area contributed by atoms with Crippen LogP contribution in [0.25, 0.3) is 0 Å². The van der Waals surface area contributed by atoms with Crippen molar-refractivity contribution in [1.82, 2.24) is 20.0 Å². The molecule has 2 saturated heterocycles. The topological polar surface area (TPSA) is 42.0 Å². The van der Waals surface area contributed by atoms with E-state index in [0.717, 1.165) is 32.6 Å². The molecular formula is C25H48N4O. The molecule has 0 aromatic carbocycles. The number of piperazine rings is 1. The third-order valence-electron chi connectivity index (χ3n) is 6.00. The van der Waals surface area contributed by atoms with E-state index in [1.54, 1.807) is 12.5 Å². The molecule has 1 aliphatic carbocycles. The zero-order valence-electron chi connectivity index (χ0n) is 20.2. The van der Waals surface area contributed by atoms with Gasteiger partial charge in [0.05, 0.1) is 0 Å². The van der Waals surface area contributed by atoms with E-state index < -0.39 is 0 Å². The van der Waals surface area contributed by atoms with Crippen LogP contribution in [0.1, 0.15) is 46.5 Å². The maximum Gasteiger partial charge on any atom is 0.0442 e. The van der Waals surface area contributed by atoms with Gasteiger partial charge in [-0.3, -0.25) is 4.90 Å². The molecule has 3 rings (SSSR count). The number of rotatable bonds is 6. The highest BCUT2D eigenvalue weighted by atomic mass is 16.2. The van der Waals surface area contributed by atoms with Crippen LogP contribution in [0.3, 0.4) is 0 Å². The zero-order chi connectivity index (χ0) is 22.0. The summed E-state index contributed by atoms with van der Waals surface area (Å²) in [4.78, 5) is 7.64. The summed E-state index contributed by atoms with van der Waals surface area (Å²) >= 11 is 0. The molecule has 2 fully saturated rings. The van der Waals surface area contributed by atoms with Crippen molar-refractivity contribution < 1.29 is 5.11 Å². The van der Waals surface area contributed by atoms with Crippen molar-refractivity contribution in [2.24, 2.45) is 0 Å². The molecule has 2 heterocycles. The molecule has 2 N–H and O–H groups in total. The first-order chi connectivity index (χ1) is 14.7. The Morgan fingerprint density at radius 1 is 0.967 bits per heavy atom. The van der Waals surface area contributed by atoms with E-state index in [9.17, 15) is 0 Å². The number of nitrogens with zero attached hydrogens (tertiary/aromatic N) is 3. The van der Waals surface area contributed by atoms with Crippen LogP contribution in [-0.2, 0) is 0 Å². The van der Waals surface area contributed by atoms with E-state index in [1.807, 2.05) is 0 Å². The smallest absolute Gasteiger partial charge is 0.0442 e. The second kappa shape index (κ2) is 17.7. The fourth-order valence-corrected chi connectivity index (χ4v) is 3.91. The number of piperidine rings is 1. The van der Waals surface area contributed by atoms with Gasteiger partial charge in [0.2, 0.25) is 0 Å². The Hall–Kier alpha value is -0.980. The number of aliphatic hydroxyl groups is 1. The molecular weight excluding hydrogens is 372 g/mol. The molecule has 0 aromatic heterocycles. The average molecular weight is 421 g/mol. The molecule has 5 nitrogen and oxygen atoms in total. The number of hydrogen-bond donors (Lipinski definition) is 2. The Balaban J connectivity index is 0.000000426. The number of aliphatic hydroxyl groups excluding tert-OH is 1. The fourth-order valence-electron chi connectivity index (χ4n) is 3.91. The number of likely N-dealkylation sites (tertiary alicyclic amines) is 1. The number of hydrogen-bond acceptors (Lipinski definition) is 5. The van der Waals surface area contributed by atoms with Crippen LogP contribution in [-0.4, -0.2) is 98.4 Å². The van der Waals surface area contributed by atoms with Crippen molar-refractivity contribution in [3.63, 3.8) is 0 Å². The monoisotopic (exact) mass is 420 g/mol. The number of allylic oxidation sites excluding steroid dienone is 5. The van der Waals surface area contributed by atoms with E-state index in [-0.39, 0.29) is 6.61 Å². The number of nitrogens with one attached hydrogen (secondary N) is 1. The van der Waals surface area contributed by atoms with Crippen LogP contribution >= 0.6 is 0 Å². The summed E-state index contributed by atoms with van der Waals surface area (Å²) in [7, 11) is 2.11. The van der Waals surface area contributed by atoms with Crippen molar-refractivity contribution in [2.75, 3.05) is 72.6 Å². The molecule has 174 valence electrons. The Morgan fingerprint density at radius 3 is 2.17 bits per heavy atom. The lowest BCUT2D eigenvalue weighted by Gasteiger charge is -2.40. The van der Waals surface area contributed by atoms with Crippen molar-refractivity contribution in [3.8, 4) is 0 Å². The first kappa shape index (κ1) is 27.1. The molecule has 1 unspecified atom stereocenters. The van der Waals surface area contributed by atoms with Crippen molar-refractivity contribution in [1.29, 1.82) is 0 Å². The summed E-state index contributed by atoms with van der Waals surface area (Å²) in [5, 5.41) is 11.1. The van der Waals surface area contributed by atoms with E-state index in [0.29, 0.717) is 6.04 Å². The van der Waals surface area contributed by atoms with Gasteiger partial charge in [-0.1, -0.05) is 50.6 Å². The van der Waals surface area contributed by atoms with Gasteiger partial charge in [-0.15, -0.1) is 0 Å². The molecule has 0 saturated carbocycles. The van der Waals surface area contributed by atoms with E-state index in [2.05, 4.69) is 71.3 Å². The largest absolute Gasteiger partial charge is 0.397 e. The SMILES string of the molecule is C1=CC=C(C(CN2CCCCC2)N2CCNCC2)CC=C1.CCN(C)CC.CCO.